The van der Waals surface area contributed by atoms with Gasteiger partial charge >= 0.3 is 11.9 Å². The van der Waals surface area contributed by atoms with Crippen molar-refractivity contribution in [3.63, 3.8) is 0 Å². The predicted molar refractivity (Wildman–Crippen MR) is 69.3 cm³/mol. The van der Waals surface area contributed by atoms with Crippen molar-refractivity contribution in [3.05, 3.63) is 24.3 Å². The molecule has 0 heterocycles. The Balaban J connectivity index is 5.33. The van der Waals surface area contributed by atoms with Crippen molar-refractivity contribution in [1.29, 1.82) is 0 Å². The van der Waals surface area contributed by atoms with Gasteiger partial charge in [0.05, 0.1) is 19.8 Å². The Morgan fingerprint density at radius 3 is 1.45 bits per heavy atom. The molecule has 0 atom stereocenters. The molecular formula is C13H20O7. The summed E-state index contributed by atoms with van der Waals surface area (Å²) >= 11 is 0. The fourth-order valence-corrected chi connectivity index (χ4v) is 1.04. The maximum absolute atomic E-state index is 11.5. The highest BCUT2D eigenvalue weighted by Gasteiger charge is 2.43. The quantitative estimate of drug-likeness (QED) is 0.314. The lowest BCUT2D eigenvalue weighted by atomic mass is 9.90. The maximum atomic E-state index is 11.5. The number of esters is 2. The molecule has 0 saturated heterocycles. The largest absolute Gasteiger partial charge is 0.421 e. The van der Waals surface area contributed by atoms with Gasteiger partial charge in [0.2, 0.25) is 0 Å². The third-order valence-electron chi connectivity index (χ3n) is 2.57. The molecule has 0 aliphatic rings. The number of carbonyl (C=O) groups is 2. The number of carbonyl (C=O) groups excluding carboxylic acids is 2. The molecule has 0 radical (unpaired) electrons. The molecule has 0 bridgehead atoms. The van der Waals surface area contributed by atoms with Crippen molar-refractivity contribution in [1.82, 2.24) is 0 Å². The third kappa shape index (κ3) is 4.44. The second kappa shape index (κ2) is 7.78. The molecule has 7 heteroatoms. The Labute approximate surface area is 117 Å². The number of aliphatic hydroxyl groups is 3. The van der Waals surface area contributed by atoms with Crippen LogP contribution in [0.15, 0.2) is 24.3 Å². The molecule has 20 heavy (non-hydrogen) atoms. The van der Waals surface area contributed by atoms with Crippen LogP contribution in [0, 0.1) is 5.41 Å². The summed E-state index contributed by atoms with van der Waals surface area (Å²) in [5.41, 5.74) is -1.66. The van der Waals surface area contributed by atoms with E-state index >= 15 is 0 Å². The SMILES string of the molecule is C=C(C)C(=O)OC(OC(=O)C(=C)C)C(CO)(CO)CO. The minimum absolute atomic E-state index is 0.0316. The lowest BCUT2D eigenvalue weighted by molar-refractivity contribution is -0.226. The van der Waals surface area contributed by atoms with E-state index in [0.717, 1.165) is 0 Å². The number of rotatable bonds is 8. The molecule has 3 N–H and O–H groups in total. The Morgan fingerprint density at radius 2 is 1.25 bits per heavy atom. The summed E-state index contributed by atoms with van der Waals surface area (Å²) < 4.78 is 9.74. The molecule has 0 amide bonds. The van der Waals surface area contributed by atoms with E-state index in [1.54, 1.807) is 0 Å². The molecular weight excluding hydrogens is 268 g/mol. The zero-order valence-electron chi connectivity index (χ0n) is 11.6. The maximum Gasteiger partial charge on any atom is 0.336 e. The van der Waals surface area contributed by atoms with E-state index in [9.17, 15) is 24.9 Å². The highest BCUT2D eigenvalue weighted by Crippen LogP contribution is 2.26. The highest BCUT2D eigenvalue weighted by atomic mass is 16.7. The van der Waals surface area contributed by atoms with Crippen LogP contribution in [-0.4, -0.2) is 53.4 Å². The van der Waals surface area contributed by atoms with Gasteiger partial charge in [-0.2, -0.15) is 0 Å². The van der Waals surface area contributed by atoms with Crippen LogP contribution < -0.4 is 0 Å². The van der Waals surface area contributed by atoms with Gasteiger partial charge < -0.3 is 24.8 Å². The van der Waals surface area contributed by atoms with Gasteiger partial charge in [-0.15, -0.1) is 0 Å². The van der Waals surface area contributed by atoms with Crippen molar-refractivity contribution >= 4 is 11.9 Å². The van der Waals surface area contributed by atoms with E-state index < -0.39 is 43.5 Å². The van der Waals surface area contributed by atoms with Crippen molar-refractivity contribution in [2.45, 2.75) is 20.1 Å². The summed E-state index contributed by atoms with van der Waals surface area (Å²) in [6, 6.07) is 0. The summed E-state index contributed by atoms with van der Waals surface area (Å²) in [5, 5.41) is 27.9. The van der Waals surface area contributed by atoms with Gasteiger partial charge in [-0.25, -0.2) is 9.59 Å². The Hall–Kier alpha value is -1.70. The average Bonchev–Trinajstić information content (AvgIpc) is 2.40. The molecule has 0 aromatic carbocycles. The van der Waals surface area contributed by atoms with Crippen molar-refractivity contribution in [3.8, 4) is 0 Å². The van der Waals surface area contributed by atoms with Gasteiger partial charge in [-0.3, -0.25) is 0 Å². The lowest BCUT2D eigenvalue weighted by Crippen LogP contribution is -2.49. The van der Waals surface area contributed by atoms with Gasteiger partial charge in [-0.1, -0.05) is 13.2 Å². The van der Waals surface area contributed by atoms with Crippen molar-refractivity contribution in [2.24, 2.45) is 5.41 Å². The first kappa shape index (κ1) is 18.3. The first-order valence-electron chi connectivity index (χ1n) is 5.79. The molecule has 0 aliphatic carbocycles. The summed E-state index contributed by atoms with van der Waals surface area (Å²) in [5.74, 6) is -1.77. The van der Waals surface area contributed by atoms with E-state index in [1.807, 2.05) is 0 Å². The molecule has 0 aliphatic heterocycles. The van der Waals surface area contributed by atoms with E-state index in [1.165, 1.54) is 13.8 Å². The first-order chi connectivity index (χ1) is 9.23. The van der Waals surface area contributed by atoms with Gasteiger partial charge in [-0.05, 0) is 13.8 Å². The minimum Gasteiger partial charge on any atom is -0.421 e. The number of aliphatic hydroxyl groups excluding tert-OH is 3. The average molecular weight is 288 g/mol. The van der Waals surface area contributed by atoms with Crippen LogP contribution in [-0.2, 0) is 19.1 Å². The molecule has 0 aromatic heterocycles. The first-order valence-corrected chi connectivity index (χ1v) is 5.79. The zero-order chi connectivity index (χ0) is 15.9. The molecule has 0 aromatic rings. The third-order valence-corrected chi connectivity index (χ3v) is 2.57. The zero-order valence-corrected chi connectivity index (χ0v) is 11.6. The number of hydrogen-bond donors (Lipinski definition) is 3. The lowest BCUT2D eigenvalue weighted by Gasteiger charge is -2.34. The van der Waals surface area contributed by atoms with Crippen LogP contribution >= 0.6 is 0 Å². The van der Waals surface area contributed by atoms with Gasteiger partial charge in [0.1, 0.15) is 5.41 Å². The minimum atomic E-state index is -1.73. The Kier molecular flexibility index (Phi) is 7.12. The van der Waals surface area contributed by atoms with Crippen LogP contribution in [0.5, 0.6) is 0 Å². The van der Waals surface area contributed by atoms with E-state index in [2.05, 4.69) is 13.2 Å². The predicted octanol–water partition coefficient (Wildman–Crippen LogP) is -0.486. The Morgan fingerprint density at radius 1 is 0.950 bits per heavy atom. The monoisotopic (exact) mass is 288 g/mol. The van der Waals surface area contributed by atoms with Crippen LogP contribution in [0.25, 0.3) is 0 Å². The molecule has 7 nitrogen and oxygen atoms in total. The second-order valence-electron chi connectivity index (χ2n) is 4.54. The van der Waals surface area contributed by atoms with Gasteiger partial charge in [0.15, 0.2) is 0 Å². The topological polar surface area (TPSA) is 113 Å². The van der Waals surface area contributed by atoms with Crippen molar-refractivity contribution < 1.29 is 34.4 Å². The van der Waals surface area contributed by atoms with Crippen molar-refractivity contribution in [2.75, 3.05) is 19.8 Å². The van der Waals surface area contributed by atoms with E-state index in [-0.39, 0.29) is 11.1 Å². The standard InChI is InChI=1S/C13H20O7/c1-8(2)10(17)19-12(20-11(18)9(3)4)13(5-14,6-15)7-16/h12,14-16H,1,3,5-7H2,2,4H3. The van der Waals surface area contributed by atoms with E-state index in [0.29, 0.717) is 0 Å². The van der Waals surface area contributed by atoms with Crippen LogP contribution in [0.2, 0.25) is 0 Å². The fourth-order valence-electron chi connectivity index (χ4n) is 1.04. The molecule has 0 unspecified atom stereocenters. The summed E-state index contributed by atoms with van der Waals surface area (Å²) in [4.78, 5) is 23.0. The van der Waals surface area contributed by atoms with Crippen LogP contribution in [0.4, 0.5) is 0 Å². The fraction of sp³-hybridized carbons (Fsp3) is 0.538. The number of ether oxygens (including phenoxy) is 2. The van der Waals surface area contributed by atoms with Gasteiger partial charge in [0, 0.05) is 11.1 Å². The van der Waals surface area contributed by atoms with Gasteiger partial charge in [0.25, 0.3) is 6.29 Å². The molecule has 114 valence electrons. The highest BCUT2D eigenvalue weighted by molar-refractivity contribution is 5.88. The molecule has 0 fully saturated rings. The summed E-state index contributed by atoms with van der Waals surface area (Å²) in [6.45, 7) is 7.17. The molecule has 0 rings (SSSR count). The second-order valence-corrected chi connectivity index (χ2v) is 4.54. The smallest absolute Gasteiger partial charge is 0.336 e. The Bertz CT molecular complexity index is 359. The van der Waals surface area contributed by atoms with E-state index in [4.69, 9.17) is 9.47 Å². The number of hydrogen-bond acceptors (Lipinski definition) is 7. The van der Waals surface area contributed by atoms with Crippen LogP contribution in [0.1, 0.15) is 13.8 Å². The van der Waals surface area contributed by atoms with Crippen LogP contribution in [0.3, 0.4) is 0 Å². The summed E-state index contributed by atoms with van der Waals surface area (Å²) in [6.07, 6.45) is -1.67. The molecule has 0 saturated carbocycles. The summed E-state index contributed by atoms with van der Waals surface area (Å²) in [7, 11) is 0. The molecule has 0 spiro atoms. The normalized spacial score (nSPS) is 11.1.